The van der Waals surface area contributed by atoms with Crippen molar-refractivity contribution in [3.05, 3.63) is 42.5 Å². The van der Waals surface area contributed by atoms with Gasteiger partial charge in [0.15, 0.2) is 0 Å². The monoisotopic (exact) mass is 304 g/mol. The van der Waals surface area contributed by atoms with Gasteiger partial charge in [0, 0.05) is 0 Å². The van der Waals surface area contributed by atoms with Crippen molar-refractivity contribution in [1.82, 2.24) is 0 Å². The third-order valence-electron chi connectivity index (χ3n) is 3.60. The zero-order valence-electron chi connectivity index (χ0n) is 13.7. The summed E-state index contributed by atoms with van der Waals surface area (Å²) in [5.41, 5.74) is 0.548. The van der Waals surface area contributed by atoms with Crippen LogP contribution in [-0.4, -0.2) is 19.7 Å². The van der Waals surface area contributed by atoms with Crippen molar-refractivity contribution in [2.45, 2.75) is 51.4 Å². The van der Waals surface area contributed by atoms with Gasteiger partial charge in [-0.25, -0.2) is 4.79 Å². The molecule has 0 fully saturated rings. The number of carbonyl (C=O) groups excluding carboxylic acids is 1. The average Bonchev–Trinajstić information content (AvgIpc) is 2.56. The lowest BCUT2D eigenvalue weighted by Crippen LogP contribution is -2.01. The Balaban J connectivity index is 2.02. The maximum absolute atomic E-state index is 11.3. The minimum absolute atomic E-state index is 0.320. The van der Waals surface area contributed by atoms with Crippen LogP contribution in [0, 0.1) is 0 Å². The topological polar surface area (TPSA) is 35.5 Å². The number of unbranched alkanes of at least 4 members (excludes halogenated alkanes) is 7. The van der Waals surface area contributed by atoms with Crippen LogP contribution in [0.5, 0.6) is 5.75 Å². The number of methoxy groups -OCH3 is 1. The van der Waals surface area contributed by atoms with Gasteiger partial charge in [0.25, 0.3) is 0 Å². The van der Waals surface area contributed by atoms with Gasteiger partial charge in [-0.3, -0.25) is 0 Å². The second-order valence-corrected chi connectivity index (χ2v) is 5.42. The highest BCUT2D eigenvalue weighted by Crippen LogP contribution is 2.14. The van der Waals surface area contributed by atoms with Gasteiger partial charge in [0.2, 0.25) is 0 Å². The quantitative estimate of drug-likeness (QED) is 0.304. The lowest BCUT2D eigenvalue weighted by atomic mass is 10.1. The fraction of sp³-hybridized carbons (Fsp3) is 0.526. The van der Waals surface area contributed by atoms with Crippen LogP contribution in [-0.2, 0) is 4.74 Å². The van der Waals surface area contributed by atoms with Crippen LogP contribution in [0.4, 0.5) is 0 Å². The summed E-state index contributed by atoms with van der Waals surface area (Å²) < 4.78 is 10.3. The Bertz CT molecular complexity index is 423. The normalized spacial score (nSPS) is 10.2. The summed E-state index contributed by atoms with van der Waals surface area (Å²) in [4.78, 5) is 11.3. The van der Waals surface area contributed by atoms with Crippen LogP contribution >= 0.6 is 0 Å². The number of ether oxygens (including phenoxy) is 2. The number of carbonyl (C=O) groups is 1. The molecule has 0 radical (unpaired) electrons. The van der Waals surface area contributed by atoms with E-state index in [4.69, 9.17) is 4.74 Å². The largest absolute Gasteiger partial charge is 0.494 e. The van der Waals surface area contributed by atoms with E-state index in [2.05, 4.69) is 11.3 Å². The number of allylic oxidation sites excluding steroid dienone is 1. The van der Waals surface area contributed by atoms with E-state index < -0.39 is 0 Å². The van der Waals surface area contributed by atoms with E-state index in [0.29, 0.717) is 5.56 Å². The predicted molar refractivity (Wildman–Crippen MR) is 90.4 cm³/mol. The summed E-state index contributed by atoms with van der Waals surface area (Å²) >= 11 is 0. The van der Waals surface area contributed by atoms with Crippen LogP contribution in [0.2, 0.25) is 0 Å². The Kier molecular flexibility index (Phi) is 9.84. The van der Waals surface area contributed by atoms with Gasteiger partial charge < -0.3 is 9.47 Å². The SMILES string of the molecule is C=CCCCCCCCCCOc1ccc(C(=O)OC)cc1. The second-order valence-electron chi connectivity index (χ2n) is 5.42. The first-order valence-corrected chi connectivity index (χ1v) is 8.20. The molecule has 0 bridgehead atoms. The second kappa shape index (κ2) is 11.8. The number of rotatable bonds is 12. The van der Waals surface area contributed by atoms with Gasteiger partial charge in [-0.15, -0.1) is 6.58 Å². The highest BCUT2D eigenvalue weighted by molar-refractivity contribution is 5.89. The molecule has 0 atom stereocenters. The van der Waals surface area contributed by atoms with Crippen LogP contribution < -0.4 is 4.74 Å². The van der Waals surface area contributed by atoms with E-state index in [9.17, 15) is 4.79 Å². The van der Waals surface area contributed by atoms with Crippen molar-refractivity contribution >= 4 is 5.97 Å². The first-order valence-electron chi connectivity index (χ1n) is 8.20. The van der Waals surface area contributed by atoms with Crippen LogP contribution in [0.1, 0.15) is 61.7 Å². The Morgan fingerprint density at radius 2 is 1.59 bits per heavy atom. The van der Waals surface area contributed by atoms with E-state index >= 15 is 0 Å². The average molecular weight is 304 g/mol. The number of hydrogen-bond acceptors (Lipinski definition) is 3. The van der Waals surface area contributed by atoms with E-state index in [1.807, 2.05) is 18.2 Å². The maximum atomic E-state index is 11.3. The van der Waals surface area contributed by atoms with Crippen molar-refractivity contribution in [3.8, 4) is 5.75 Å². The Morgan fingerprint density at radius 3 is 2.18 bits per heavy atom. The van der Waals surface area contributed by atoms with Crippen molar-refractivity contribution in [1.29, 1.82) is 0 Å². The molecular formula is C19H28O3. The third kappa shape index (κ3) is 7.87. The predicted octanol–water partition coefficient (Wildman–Crippen LogP) is 5.16. The van der Waals surface area contributed by atoms with Gasteiger partial charge in [-0.05, 0) is 43.5 Å². The fourth-order valence-corrected chi connectivity index (χ4v) is 2.27. The first kappa shape index (κ1) is 18.3. The Labute approximate surface area is 134 Å². The van der Waals surface area contributed by atoms with Crippen molar-refractivity contribution in [2.75, 3.05) is 13.7 Å². The van der Waals surface area contributed by atoms with E-state index in [1.54, 1.807) is 12.1 Å². The molecule has 0 saturated carbocycles. The van der Waals surface area contributed by atoms with Gasteiger partial charge in [-0.1, -0.05) is 38.2 Å². The Hall–Kier alpha value is -1.77. The molecule has 0 unspecified atom stereocenters. The van der Waals surface area contributed by atoms with E-state index in [-0.39, 0.29) is 5.97 Å². The molecule has 3 nitrogen and oxygen atoms in total. The van der Waals surface area contributed by atoms with Gasteiger partial charge in [-0.2, -0.15) is 0 Å². The lowest BCUT2D eigenvalue weighted by molar-refractivity contribution is 0.0600. The molecule has 3 heteroatoms. The Morgan fingerprint density at radius 1 is 1.00 bits per heavy atom. The highest BCUT2D eigenvalue weighted by Gasteiger charge is 2.04. The third-order valence-corrected chi connectivity index (χ3v) is 3.60. The van der Waals surface area contributed by atoms with Crippen LogP contribution in [0.3, 0.4) is 0 Å². The molecule has 0 spiro atoms. The van der Waals surface area contributed by atoms with E-state index in [0.717, 1.165) is 25.2 Å². The summed E-state index contributed by atoms with van der Waals surface area (Å²) in [5, 5.41) is 0. The summed E-state index contributed by atoms with van der Waals surface area (Å²) in [5.74, 6) is 0.483. The molecule has 0 aromatic heterocycles. The molecule has 22 heavy (non-hydrogen) atoms. The van der Waals surface area contributed by atoms with Gasteiger partial charge >= 0.3 is 5.97 Å². The zero-order chi connectivity index (χ0) is 16.0. The molecule has 0 amide bonds. The van der Waals surface area contributed by atoms with Crippen molar-refractivity contribution < 1.29 is 14.3 Å². The molecule has 0 aliphatic carbocycles. The molecule has 1 aromatic carbocycles. The smallest absolute Gasteiger partial charge is 0.337 e. The maximum Gasteiger partial charge on any atom is 0.337 e. The summed E-state index contributed by atoms with van der Waals surface area (Å²) in [6.45, 7) is 4.46. The fourth-order valence-electron chi connectivity index (χ4n) is 2.27. The number of esters is 1. The molecule has 0 saturated heterocycles. The standard InChI is InChI=1S/C19H28O3/c1-3-4-5-6-7-8-9-10-11-16-22-18-14-12-17(13-15-18)19(20)21-2/h3,12-15H,1,4-11,16H2,2H3. The van der Waals surface area contributed by atoms with Crippen LogP contribution in [0.25, 0.3) is 0 Å². The summed E-state index contributed by atoms with van der Waals surface area (Å²) in [6, 6.07) is 7.08. The minimum atomic E-state index is -0.320. The molecule has 0 N–H and O–H groups in total. The molecule has 0 aliphatic rings. The molecular weight excluding hydrogens is 276 g/mol. The number of benzene rings is 1. The van der Waals surface area contributed by atoms with Gasteiger partial charge in [0.1, 0.15) is 5.75 Å². The summed E-state index contributed by atoms with van der Waals surface area (Å²) in [7, 11) is 1.38. The van der Waals surface area contributed by atoms with E-state index in [1.165, 1.54) is 45.6 Å². The van der Waals surface area contributed by atoms with Crippen molar-refractivity contribution in [3.63, 3.8) is 0 Å². The highest BCUT2D eigenvalue weighted by atomic mass is 16.5. The van der Waals surface area contributed by atoms with Crippen molar-refractivity contribution in [2.24, 2.45) is 0 Å². The molecule has 122 valence electrons. The summed E-state index contributed by atoms with van der Waals surface area (Å²) in [6.07, 6.45) is 11.9. The number of hydrogen-bond donors (Lipinski definition) is 0. The molecule has 0 heterocycles. The first-order chi connectivity index (χ1) is 10.8. The lowest BCUT2D eigenvalue weighted by Gasteiger charge is -2.07. The molecule has 1 aromatic rings. The molecule has 0 aliphatic heterocycles. The zero-order valence-corrected chi connectivity index (χ0v) is 13.7. The molecule has 1 rings (SSSR count). The minimum Gasteiger partial charge on any atom is -0.494 e. The van der Waals surface area contributed by atoms with Crippen LogP contribution in [0.15, 0.2) is 36.9 Å². The van der Waals surface area contributed by atoms with Gasteiger partial charge in [0.05, 0.1) is 19.3 Å².